The van der Waals surface area contributed by atoms with Gasteiger partial charge in [0.15, 0.2) is 0 Å². The topological polar surface area (TPSA) is 88.6 Å². The predicted octanol–water partition coefficient (Wildman–Crippen LogP) is 0.838. The second-order valence-electron chi connectivity index (χ2n) is 4.74. The highest BCUT2D eigenvalue weighted by atomic mass is 32.2. The Morgan fingerprint density at radius 2 is 2.10 bits per heavy atom. The number of carbonyl (C=O) groups is 1. The minimum atomic E-state index is -3.44. The summed E-state index contributed by atoms with van der Waals surface area (Å²) in [6.07, 6.45) is 3.16. The second-order valence-corrected chi connectivity index (χ2v) is 6.75. The van der Waals surface area contributed by atoms with E-state index in [4.69, 9.17) is 0 Å². The third kappa shape index (κ3) is 3.38. The summed E-state index contributed by atoms with van der Waals surface area (Å²) >= 11 is 0. The van der Waals surface area contributed by atoms with Crippen molar-refractivity contribution in [2.75, 3.05) is 30.0 Å². The third-order valence-corrected chi connectivity index (χ3v) is 4.16. The summed E-state index contributed by atoms with van der Waals surface area (Å²) in [7, 11) is -0.781. The lowest BCUT2D eigenvalue weighted by Gasteiger charge is -2.17. The van der Waals surface area contributed by atoms with Gasteiger partial charge in [-0.25, -0.2) is 18.2 Å². The first-order valence-corrected chi connectivity index (χ1v) is 7.97. The maximum atomic E-state index is 11.6. The first-order valence-electron chi connectivity index (χ1n) is 6.12. The van der Waals surface area contributed by atoms with Gasteiger partial charge < -0.3 is 10.1 Å². The van der Waals surface area contributed by atoms with Crippen LogP contribution >= 0.6 is 0 Å². The van der Waals surface area contributed by atoms with Crippen molar-refractivity contribution in [3.05, 3.63) is 17.7 Å². The maximum Gasteiger partial charge on any atom is 0.338 e. The van der Waals surface area contributed by atoms with Gasteiger partial charge >= 0.3 is 5.97 Å². The van der Waals surface area contributed by atoms with Gasteiger partial charge in [-0.3, -0.25) is 4.31 Å². The van der Waals surface area contributed by atoms with Gasteiger partial charge in [-0.2, -0.15) is 0 Å². The molecule has 1 aromatic heterocycles. The first-order chi connectivity index (χ1) is 9.31. The highest BCUT2D eigenvalue weighted by molar-refractivity contribution is 7.92. The Morgan fingerprint density at radius 1 is 1.45 bits per heavy atom. The molecule has 0 spiro atoms. The van der Waals surface area contributed by atoms with Crippen molar-refractivity contribution >= 4 is 27.6 Å². The molecule has 1 heterocycles. The van der Waals surface area contributed by atoms with Crippen molar-refractivity contribution in [3.8, 4) is 0 Å². The molecule has 0 bridgehead atoms. The molecule has 0 amide bonds. The molecule has 0 saturated heterocycles. The molecule has 0 unspecified atom stereocenters. The summed E-state index contributed by atoms with van der Waals surface area (Å²) in [6.45, 7) is 0. The summed E-state index contributed by atoms with van der Waals surface area (Å²) in [5.41, 5.74) is 0.260. The molecule has 0 aliphatic heterocycles. The van der Waals surface area contributed by atoms with Crippen LogP contribution in [0.1, 0.15) is 23.2 Å². The number of methoxy groups -OCH3 is 1. The molecule has 8 heteroatoms. The van der Waals surface area contributed by atoms with E-state index in [1.54, 1.807) is 6.07 Å². The van der Waals surface area contributed by atoms with Crippen LogP contribution in [-0.2, 0) is 14.8 Å². The van der Waals surface area contributed by atoms with Crippen LogP contribution in [0, 0.1) is 0 Å². The van der Waals surface area contributed by atoms with Crippen LogP contribution in [0.4, 0.5) is 11.6 Å². The molecule has 1 saturated carbocycles. The number of esters is 1. The molecule has 110 valence electrons. The highest BCUT2D eigenvalue weighted by Gasteiger charge is 2.23. The van der Waals surface area contributed by atoms with Gasteiger partial charge in [-0.05, 0) is 25.0 Å². The van der Waals surface area contributed by atoms with E-state index in [1.165, 1.54) is 20.2 Å². The molecule has 2 rings (SSSR count). The van der Waals surface area contributed by atoms with Gasteiger partial charge in [0, 0.05) is 13.1 Å². The van der Waals surface area contributed by atoms with Crippen LogP contribution in [0.5, 0.6) is 0 Å². The Bertz CT molecular complexity index is 626. The molecule has 1 aromatic rings. The average Bonchev–Trinajstić information content (AvgIpc) is 3.19. The van der Waals surface area contributed by atoms with Gasteiger partial charge in [-0.15, -0.1) is 0 Å². The fourth-order valence-corrected chi connectivity index (χ4v) is 2.03. The number of aromatic nitrogens is 1. The molecule has 7 nitrogen and oxygen atoms in total. The monoisotopic (exact) mass is 299 g/mol. The summed E-state index contributed by atoms with van der Waals surface area (Å²) in [5.74, 6) is 0.119. The number of ether oxygens (including phenoxy) is 1. The zero-order valence-electron chi connectivity index (χ0n) is 11.6. The van der Waals surface area contributed by atoms with E-state index >= 15 is 0 Å². The molecular weight excluding hydrogens is 282 g/mol. The van der Waals surface area contributed by atoms with E-state index in [-0.39, 0.29) is 11.4 Å². The van der Waals surface area contributed by atoms with Crippen LogP contribution in [-0.4, -0.2) is 45.8 Å². The SMILES string of the molecule is COC(=O)c1cc(NC2CC2)nc(N(C)S(C)(=O)=O)c1. The fourth-order valence-electron chi connectivity index (χ4n) is 1.59. The first kappa shape index (κ1) is 14.6. The number of hydrogen-bond donors (Lipinski definition) is 1. The molecule has 1 fully saturated rings. The van der Waals surface area contributed by atoms with Crippen LogP contribution < -0.4 is 9.62 Å². The van der Waals surface area contributed by atoms with E-state index in [0.29, 0.717) is 11.9 Å². The summed E-state index contributed by atoms with van der Waals surface area (Å²) in [4.78, 5) is 15.9. The molecular formula is C12H17N3O4S. The molecule has 0 radical (unpaired) electrons. The summed E-state index contributed by atoms with van der Waals surface area (Å²) in [5, 5.41) is 3.14. The van der Waals surface area contributed by atoms with Crippen molar-refractivity contribution in [3.63, 3.8) is 0 Å². The molecule has 1 aliphatic carbocycles. The quantitative estimate of drug-likeness (QED) is 0.810. The van der Waals surface area contributed by atoms with Crippen molar-refractivity contribution in [2.24, 2.45) is 0 Å². The van der Waals surface area contributed by atoms with Crippen molar-refractivity contribution < 1.29 is 17.9 Å². The minimum absolute atomic E-state index is 0.179. The third-order valence-electron chi connectivity index (χ3n) is 2.98. The average molecular weight is 299 g/mol. The highest BCUT2D eigenvalue weighted by Crippen LogP contribution is 2.26. The van der Waals surface area contributed by atoms with Gasteiger partial charge in [0.2, 0.25) is 10.0 Å². The Balaban J connectivity index is 2.41. The number of anilines is 2. The zero-order chi connectivity index (χ0) is 14.9. The number of carbonyl (C=O) groups excluding carboxylic acids is 1. The number of nitrogens with one attached hydrogen (secondary N) is 1. The van der Waals surface area contributed by atoms with E-state index in [1.807, 2.05) is 0 Å². The van der Waals surface area contributed by atoms with Crippen LogP contribution in [0.3, 0.4) is 0 Å². The van der Waals surface area contributed by atoms with E-state index in [9.17, 15) is 13.2 Å². The lowest BCUT2D eigenvalue weighted by Crippen LogP contribution is -2.26. The second kappa shape index (κ2) is 5.28. The Hall–Kier alpha value is -1.83. The zero-order valence-corrected chi connectivity index (χ0v) is 12.4. The smallest absolute Gasteiger partial charge is 0.338 e. The van der Waals surface area contributed by atoms with Crippen molar-refractivity contribution in [1.82, 2.24) is 4.98 Å². The fraction of sp³-hybridized carbons (Fsp3) is 0.500. The number of pyridine rings is 1. The number of rotatable bonds is 5. The molecule has 1 aliphatic rings. The van der Waals surface area contributed by atoms with E-state index in [2.05, 4.69) is 15.0 Å². The van der Waals surface area contributed by atoms with Crippen LogP contribution in [0.15, 0.2) is 12.1 Å². The standard InChI is InChI=1S/C12H17N3O4S/c1-15(20(3,17)18)11-7-8(12(16)19-2)6-10(14-11)13-9-4-5-9/h6-7,9H,4-5H2,1-3H3,(H,13,14). The number of nitrogens with zero attached hydrogens (tertiary/aromatic N) is 2. The van der Waals surface area contributed by atoms with Crippen molar-refractivity contribution in [2.45, 2.75) is 18.9 Å². The molecule has 0 aromatic carbocycles. The van der Waals surface area contributed by atoms with Gasteiger partial charge in [0.1, 0.15) is 11.6 Å². The van der Waals surface area contributed by atoms with Gasteiger partial charge in [0.05, 0.1) is 18.9 Å². The normalized spacial score (nSPS) is 14.8. The summed E-state index contributed by atoms with van der Waals surface area (Å²) < 4.78 is 28.9. The van der Waals surface area contributed by atoms with E-state index in [0.717, 1.165) is 23.4 Å². The Kier molecular flexibility index (Phi) is 3.85. The molecule has 1 N–H and O–H groups in total. The minimum Gasteiger partial charge on any atom is -0.465 e. The predicted molar refractivity (Wildman–Crippen MR) is 75.5 cm³/mol. The molecule has 0 atom stereocenters. The number of sulfonamides is 1. The largest absolute Gasteiger partial charge is 0.465 e. The molecule has 20 heavy (non-hydrogen) atoms. The lowest BCUT2D eigenvalue weighted by molar-refractivity contribution is 0.0600. The van der Waals surface area contributed by atoms with Gasteiger partial charge in [0.25, 0.3) is 0 Å². The van der Waals surface area contributed by atoms with Gasteiger partial charge in [-0.1, -0.05) is 0 Å². The lowest BCUT2D eigenvalue weighted by atomic mass is 10.2. The van der Waals surface area contributed by atoms with Crippen LogP contribution in [0.25, 0.3) is 0 Å². The Labute approximate surface area is 118 Å². The number of hydrogen-bond acceptors (Lipinski definition) is 6. The van der Waals surface area contributed by atoms with Crippen molar-refractivity contribution in [1.29, 1.82) is 0 Å². The Morgan fingerprint density at radius 3 is 2.60 bits per heavy atom. The maximum absolute atomic E-state index is 11.6. The summed E-state index contributed by atoms with van der Waals surface area (Å²) in [6, 6.07) is 3.29. The van der Waals surface area contributed by atoms with E-state index < -0.39 is 16.0 Å². The van der Waals surface area contributed by atoms with Crippen LogP contribution in [0.2, 0.25) is 0 Å².